The van der Waals surface area contributed by atoms with Gasteiger partial charge in [-0.1, -0.05) is 0 Å². The van der Waals surface area contributed by atoms with Gasteiger partial charge in [0.2, 0.25) is 10.0 Å². The molecule has 0 radical (unpaired) electrons. The molecule has 2 saturated heterocycles. The summed E-state index contributed by atoms with van der Waals surface area (Å²) in [7, 11) is -1.96. The molecule has 0 aliphatic carbocycles. The molecule has 3 rings (SSSR count). The fraction of sp³-hybridized carbons (Fsp3) is 0.667. The number of nitrogens with zero attached hydrogens (tertiary/aromatic N) is 1. The number of piperidine rings is 1. The summed E-state index contributed by atoms with van der Waals surface area (Å²) in [5.74, 6) is -0.448. The molecule has 146 valence electrons. The minimum atomic E-state index is -3.60. The average Bonchev–Trinajstić information content (AvgIpc) is 2.63. The third-order valence-electron chi connectivity index (χ3n) is 5.17. The monoisotopic (exact) mass is 387 g/mol. The van der Waals surface area contributed by atoms with E-state index < -0.39 is 15.8 Å². The fourth-order valence-electron chi connectivity index (χ4n) is 3.66. The van der Waals surface area contributed by atoms with E-state index in [1.807, 2.05) is 0 Å². The van der Waals surface area contributed by atoms with Gasteiger partial charge in [0.25, 0.3) is 0 Å². The van der Waals surface area contributed by atoms with Crippen LogP contribution in [0.25, 0.3) is 0 Å². The van der Waals surface area contributed by atoms with Gasteiger partial charge in [-0.15, -0.1) is 0 Å². The van der Waals surface area contributed by atoms with Crippen molar-refractivity contribution in [2.24, 2.45) is 0 Å². The minimum Gasteiger partial charge on any atom is -0.382 e. The van der Waals surface area contributed by atoms with Crippen LogP contribution in [0.15, 0.2) is 29.2 Å². The van der Waals surface area contributed by atoms with Gasteiger partial charge in [-0.3, -0.25) is 0 Å². The number of hydrogen-bond donors (Lipinski definition) is 0. The molecule has 0 N–H and O–H groups in total. The third kappa shape index (κ3) is 4.43. The minimum absolute atomic E-state index is 0.124. The summed E-state index contributed by atoms with van der Waals surface area (Å²) in [6, 6.07) is 4.96. The molecule has 1 aromatic rings. The zero-order valence-corrected chi connectivity index (χ0v) is 15.8. The number of benzene rings is 1. The summed E-state index contributed by atoms with van der Waals surface area (Å²) < 4.78 is 56.9. The van der Waals surface area contributed by atoms with E-state index in [2.05, 4.69) is 0 Å². The molecule has 8 heteroatoms. The molecule has 26 heavy (non-hydrogen) atoms. The predicted octanol–water partition coefficient (Wildman–Crippen LogP) is 2.19. The first kappa shape index (κ1) is 19.7. The number of halogens is 1. The Kier molecular flexibility index (Phi) is 6.29. The van der Waals surface area contributed by atoms with Crippen molar-refractivity contribution >= 4 is 10.0 Å². The van der Waals surface area contributed by atoms with Gasteiger partial charge >= 0.3 is 0 Å². The lowest BCUT2D eigenvalue weighted by Gasteiger charge is -2.45. The maximum atomic E-state index is 13.1. The van der Waals surface area contributed by atoms with Crippen molar-refractivity contribution in [3.05, 3.63) is 30.1 Å². The first-order chi connectivity index (χ1) is 12.5. The van der Waals surface area contributed by atoms with Gasteiger partial charge in [-0.2, -0.15) is 4.31 Å². The largest absolute Gasteiger partial charge is 0.382 e. The van der Waals surface area contributed by atoms with Crippen molar-refractivity contribution in [2.75, 3.05) is 40.0 Å². The molecule has 1 aromatic carbocycles. The highest BCUT2D eigenvalue weighted by Gasteiger charge is 2.43. The normalized spacial score (nSPS) is 24.0. The van der Waals surface area contributed by atoms with Gasteiger partial charge in [0.05, 0.1) is 29.8 Å². The summed E-state index contributed by atoms with van der Waals surface area (Å²) in [6.07, 6.45) is 3.03. The SMILES string of the molecule is COCCOC1CCOC2(CCN(S(=O)(=O)c3ccc(F)cc3)CC2)C1. The van der Waals surface area contributed by atoms with Crippen LogP contribution < -0.4 is 0 Å². The lowest BCUT2D eigenvalue weighted by atomic mass is 9.84. The van der Waals surface area contributed by atoms with Crippen LogP contribution in [0.4, 0.5) is 4.39 Å². The molecule has 6 nitrogen and oxygen atoms in total. The van der Waals surface area contributed by atoms with E-state index in [0.717, 1.165) is 12.8 Å². The Morgan fingerprint density at radius 2 is 1.92 bits per heavy atom. The number of ether oxygens (including phenoxy) is 3. The van der Waals surface area contributed by atoms with Gasteiger partial charge in [0, 0.05) is 33.2 Å². The smallest absolute Gasteiger partial charge is 0.243 e. The third-order valence-corrected chi connectivity index (χ3v) is 7.09. The van der Waals surface area contributed by atoms with Gasteiger partial charge in [-0.05, 0) is 43.5 Å². The van der Waals surface area contributed by atoms with Crippen LogP contribution in [0.1, 0.15) is 25.7 Å². The second kappa shape index (κ2) is 8.31. The van der Waals surface area contributed by atoms with Crippen LogP contribution in [0.3, 0.4) is 0 Å². The summed E-state index contributed by atoms with van der Waals surface area (Å²) in [6.45, 7) is 2.54. The van der Waals surface area contributed by atoms with Crippen LogP contribution in [0.2, 0.25) is 0 Å². The highest BCUT2D eigenvalue weighted by Crippen LogP contribution is 2.37. The Balaban J connectivity index is 1.60. The van der Waals surface area contributed by atoms with Crippen molar-refractivity contribution in [1.29, 1.82) is 0 Å². The highest BCUT2D eigenvalue weighted by molar-refractivity contribution is 7.89. The Hall–Kier alpha value is -1.06. The zero-order chi connectivity index (χ0) is 18.6. The zero-order valence-electron chi connectivity index (χ0n) is 15.0. The van der Waals surface area contributed by atoms with E-state index in [1.54, 1.807) is 7.11 Å². The molecule has 0 amide bonds. The van der Waals surface area contributed by atoms with E-state index in [9.17, 15) is 12.8 Å². The van der Waals surface area contributed by atoms with Crippen molar-refractivity contribution in [1.82, 2.24) is 4.31 Å². The van der Waals surface area contributed by atoms with E-state index in [-0.39, 0.29) is 16.6 Å². The van der Waals surface area contributed by atoms with Crippen molar-refractivity contribution < 1.29 is 27.0 Å². The summed E-state index contributed by atoms with van der Waals surface area (Å²) in [4.78, 5) is 0.125. The number of hydrogen-bond acceptors (Lipinski definition) is 5. The molecule has 0 saturated carbocycles. The molecule has 0 bridgehead atoms. The summed E-state index contributed by atoms with van der Waals surface area (Å²) >= 11 is 0. The lowest BCUT2D eigenvalue weighted by Crippen LogP contribution is -2.52. The Morgan fingerprint density at radius 3 is 2.58 bits per heavy atom. The standard InChI is InChI=1S/C18H26FNO5S/c1-23-12-13-24-16-6-11-25-18(14-16)7-9-20(10-8-18)26(21,22)17-4-2-15(19)3-5-17/h2-5,16H,6-14H2,1H3. The Bertz CT molecular complexity index is 686. The number of rotatable bonds is 6. The second-order valence-corrected chi connectivity index (χ2v) is 8.81. The van der Waals surface area contributed by atoms with E-state index >= 15 is 0 Å². The Morgan fingerprint density at radius 1 is 1.23 bits per heavy atom. The fourth-order valence-corrected chi connectivity index (χ4v) is 5.10. The molecule has 2 aliphatic rings. The molecule has 2 heterocycles. The summed E-state index contributed by atoms with van der Waals surface area (Å²) in [5, 5.41) is 0. The van der Waals surface area contributed by atoms with Crippen molar-refractivity contribution in [3.8, 4) is 0 Å². The van der Waals surface area contributed by atoms with E-state index in [4.69, 9.17) is 14.2 Å². The highest BCUT2D eigenvalue weighted by atomic mass is 32.2. The Labute approximate surface area is 154 Å². The van der Waals surface area contributed by atoms with Crippen molar-refractivity contribution in [3.63, 3.8) is 0 Å². The molecule has 2 fully saturated rings. The van der Waals surface area contributed by atoms with Gasteiger partial charge < -0.3 is 14.2 Å². The summed E-state index contributed by atoms with van der Waals surface area (Å²) in [5.41, 5.74) is -0.315. The van der Waals surface area contributed by atoms with Crippen LogP contribution in [-0.2, 0) is 24.2 Å². The van der Waals surface area contributed by atoms with Gasteiger partial charge in [0.15, 0.2) is 0 Å². The van der Waals surface area contributed by atoms with E-state index in [0.29, 0.717) is 45.8 Å². The van der Waals surface area contributed by atoms with Gasteiger partial charge in [-0.25, -0.2) is 12.8 Å². The molecule has 1 unspecified atom stereocenters. The maximum Gasteiger partial charge on any atom is 0.243 e. The predicted molar refractivity (Wildman–Crippen MR) is 93.9 cm³/mol. The average molecular weight is 387 g/mol. The van der Waals surface area contributed by atoms with E-state index in [1.165, 1.54) is 28.6 Å². The second-order valence-electron chi connectivity index (χ2n) is 6.87. The quantitative estimate of drug-likeness (QED) is 0.700. The molecule has 2 aliphatic heterocycles. The first-order valence-corrected chi connectivity index (χ1v) is 10.4. The molecular formula is C18H26FNO5S. The van der Waals surface area contributed by atoms with Crippen LogP contribution in [0.5, 0.6) is 0 Å². The van der Waals surface area contributed by atoms with Gasteiger partial charge in [0.1, 0.15) is 5.82 Å². The number of sulfonamides is 1. The van der Waals surface area contributed by atoms with Crippen LogP contribution in [-0.4, -0.2) is 64.4 Å². The van der Waals surface area contributed by atoms with Crippen LogP contribution >= 0.6 is 0 Å². The van der Waals surface area contributed by atoms with Crippen molar-refractivity contribution in [2.45, 2.75) is 42.3 Å². The molecular weight excluding hydrogens is 361 g/mol. The topological polar surface area (TPSA) is 65.1 Å². The first-order valence-electron chi connectivity index (χ1n) is 8.95. The molecule has 1 atom stereocenters. The lowest BCUT2D eigenvalue weighted by molar-refractivity contribution is -0.152. The molecule has 1 spiro atoms. The maximum absolute atomic E-state index is 13.1. The van der Waals surface area contributed by atoms with Crippen LogP contribution in [0, 0.1) is 5.82 Å². The number of methoxy groups -OCH3 is 1. The molecule has 0 aromatic heterocycles.